The second-order valence-electron chi connectivity index (χ2n) is 5.53. The van der Waals surface area contributed by atoms with E-state index in [1.54, 1.807) is 0 Å². The van der Waals surface area contributed by atoms with E-state index in [-0.39, 0.29) is 0 Å². The maximum absolute atomic E-state index is 4.75. The van der Waals surface area contributed by atoms with E-state index >= 15 is 0 Å². The number of aliphatic imine (C=N–C) groups is 1. The lowest BCUT2D eigenvalue weighted by Crippen LogP contribution is -2.45. The van der Waals surface area contributed by atoms with Crippen LogP contribution in [0.4, 0.5) is 0 Å². The van der Waals surface area contributed by atoms with Crippen molar-refractivity contribution in [2.75, 3.05) is 26.2 Å². The van der Waals surface area contributed by atoms with E-state index in [9.17, 15) is 0 Å². The number of aromatic nitrogens is 2. The highest BCUT2D eigenvalue weighted by Crippen LogP contribution is 2.15. The number of aryl methyl sites for hydroxylation is 1. The third-order valence-electron chi connectivity index (χ3n) is 3.78. The average molecular weight is 277 g/mol. The van der Waals surface area contributed by atoms with Gasteiger partial charge in [0.2, 0.25) is 0 Å². The van der Waals surface area contributed by atoms with Crippen LogP contribution in [-0.2, 0) is 6.54 Å². The quantitative estimate of drug-likeness (QED) is 0.508. The zero-order valence-corrected chi connectivity index (χ0v) is 12.8. The second-order valence-corrected chi connectivity index (χ2v) is 5.53. The summed E-state index contributed by atoms with van der Waals surface area (Å²) in [5.74, 6) is 1.94. The SMILES string of the molecule is CCNC(=NCCCn1cccn1)N1CCC(C)CC1. The van der Waals surface area contributed by atoms with E-state index in [1.807, 2.05) is 23.1 Å². The second kappa shape index (κ2) is 7.92. The average Bonchev–Trinajstić information content (AvgIpc) is 2.96. The molecule has 1 aliphatic heterocycles. The van der Waals surface area contributed by atoms with E-state index in [2.05, 4.69) is 29.2 Å². The molecule has 0 atom stereocenters. The smallest absolute Gasteiger partial charge is 0.193 e. The first-order chi connectivity index (χ1) is 9.79. The van der Waals surface area contributed by atoms with Crippen LogP contribution in [0.3, 0.4) is 0 Å². The van der Waals surface area contributed by atoms with Crippen LogP contribution < -0.4 is 5.32 Å². The van der Waals surface area contributed by atoms with Gasteiger partial charge in [0.1, 0.15) is 0 Å². The van der Waals surface area contributed by atoms with Crippen LogP contribution in [0.2, 0.25) is 0 Å². The molecule has 0 spiro atoms. The number of hydrogen-bond acceptors (Lipinski definition) is 2. The van der Waals surface area contributed by atoms with Crippen LogP contribution in [0.15, 0.2) is 23.5 Å². The molecule has 5 nitrogen and oxygen atoms in total. The first-order valence-corrected chi connectivity index (χ1v) is 7.80. The van der Waals surface area contributed by atoms with Gasteiger partial charge in [0.05, 0.1) is 0 Å². The molecular formula is C15H27N5. The molecule has 2 heterocycles. The number of nitrogens with zero attached hydrogens (tertiary/aromatic N) is 4. The number of rotatable bonds is 5. The molecule has 1 N–H and O–H groups in total. The summed E-state index contributed by atoms with van der Waals surface area (Å²) in [6.07, 6.45) is 7.40. The van der Waals surface area contributed by atoms with Crippen molar-refractivity contribution in [3.63, 3.8) is 0 Å². The molecule has 1 saturated heterocycles. The molecule has 1 aliphatic rings. The van der Waals surface area contributed by atoms with Gasteiger partial charge in [-0.15, -0.1) is 0 Å². The molecule has 0 radical (unpaired) electrons. The molecule has 20 heavy (non-hydrogen) atoms. The molecule has 0 unspecified atom stereocenters. The van der Waals surface area contributed by atoms with Gasteiger partial charge in [-0.25, -0.2) is 0 Å². The Labute approximate surface area is 122 Å². The number of likely N-dealkylation sites (tertiary alicyclic amines) is 1. The predicted molar refractivity (Wildman–Crippen MR) is 82.8 cm³/mol. The Morgan fingerprint density at radius 1 is 1.40 bits per heavy atom. The minimum atomic E-state index is 0.855. The minimum Gasteiger partial charge on any atom is -0.357 e. The Hall–Kier alpha value is -1.52. The molecule has 0 amide bonds. The highest BCUT2D eigenvalue weighted by atomic mass is 15.3. The van der Waals surface area contributed by atoms with Gasteiger partial charge in [-0.2, -0.15) is 5.10 Å². The molecule has 112 valence electrons. The Kier molecular flexibility index (Phi) is 5.89. The fraction of sp³-hybridized carbons (Fsp3) is 0.733. The number of hydrogen-bond donors (Lipinski definition) is 1. The summed E-state index contributed by atoms with van der Waals surface area (Å²) in [5, 5.41) is 7.62. The molecule has 1 aromatic heterocycles. The van der Waals surface area contributed by atoms with Crippen LogP contribution in [-0.4, -0.2) is 46.8 Å². The Morgan fingerprint density at radius 3 is 2.85 bits per heavy atom. The van der Waals surface area contributed by atoms with Gasteiger partial charge in [-0.3, -0.25) is 9.67 Å². The molecule has 1 aromatic rings. The van der Waals surface area contributed by atoms with Crippen LogP contribution in [0.1, 0.15) is 33.1 Å². The molecule has 2 rings (SSSR count). The van der Waals surface area contributed by atoms with E-state index in [4.69, 9.17) is 4.99 Å². The number of nitrogens with one attached hydrogen (secondary N) is 1. The summed E-state index contributed by atoms with van der Waals surface area (Å²) >= 11 is 0. The molecule has 1 fully saturated rings. The van der Waals surface area contributed by atoms with Gasteiger partial charge < -0.3 is 10.2 Å². The van der Waals surface area contributed by atoms with Crippen molar-refractivity contribution in [2.45, 2.75) is 39.7 Å². The van der Waals surface area contributed by atoms with E-state index in [0.29, 0.717) is 0 Å². The molecule has 0 aliphatic carbocycles. The van der Waals surface area contributed by atoms with Crippen LogP contribution in [0, 0.1) is 5.92 Å². The molecule has 5 heteroatoms. The third kappa shape index (κ3) is 4.54. The topological polar surface area (TPSA) is 45.5 Å². The highest BCUT2D eigenvalue weighted by molar-refractivity contribution is 5.80. The van der Waals surface area contributed by atoms with E-state index in [0.717, 1.165) is 51.0 Å². The highest BCUT2D eigenvalue weighted by Gasteiger charge is 2.18. The standard InChI is InChI=1S/C15H27N5/c1-3-16-15(19-12-6-14(2)7-13-19)17-8-4-10-20-11-5-9-18-20/h5,9,11,14H,3-4,6-8,10,12-13H2,1-2H3,(H,16,17). The lowest BCUT2D eigenvalue weighted by atomic mass is 10.00. The van der Waals surface area contributed by atoms with E-state index < -0.39 is 0 Å². The molecule has 0 aromatic carbocycles. The summed E-state index contributed by atoms with van der Waals surface area (Å²) in [7, 11) is 0. The Bertz CT molecular complexity index is 390. The lowest BCUT2D eigenvalue weighted by molar-refractivity contribution is 0.273. The summed E-state index contributed by atoms with van der Waals surface area (Å²) in [5.41, 5.74) is 0. The summed E-state index contributed by atoms with van der Waals surface area (Å²) in [4.78, 5) is 7.15. The molecular weight excluding hydrogens is 250 g/mol. The van der Waals surface area contributed by atoms with Gasteiger partial charge in [-0.05, 0) is 38.2 Å². The van der Waals surface area contributed by atoms with Gasteiger partial charge >= 0.3 is 0 Å². The van der Waals surface area contributed by atoms with Crippen molar-refractivity contribution >= 4 is 5.96 Å². The molecule has 0 bridgehead atoms. The lowest BCUT2D eigenvalue weighted by Gasteiger charge is -2.33. The first-order valence-electron chi connectivity index (χ1n) is 7.80. The summed E-state index contributed by atoms with van der Waals surface area (Å²) in [6.45, 7) is 9.46. The maximum Gasteiger partial charge on any atom is 0.193 e. The van der Waals surface area contributed by atoms with Crippen molar-refractivity contribution < 1.29 is 0 Å². The predicted octanol–water partition coefficient (Wildman–Crippen LogP) is 1.97. The first kappa shape index (κ1) is 14.9. The van der Waals surface area contributed by atoms with Crippen molar-refractivity contribution in [3.8, 4) is 0 Å². The summed E-state index contributed by atoms with van der Waals surface area (Å²) < 4.78 is 1.96. The van der Waals surface area contributed by atoms with Gasteiger partial charge in [-0.1, -0.05) is 6.92 Å². The van der Waals surface area contributed by atoms with Crippen molar-refractivity contribution in [1.29, 1.82) is 0 Å². The number of guanidine groups is 1. The normalized spacial score (nSPS) is 17.5. The number of piperidine rings is 1. The van der Waals surface area contributed by atoms with Crippen molar-refractivity contribution in [3.05, 3.63) is 18.5 Å². The fourth-order valence-electron chi connectivity index (χ4n) is 2.50. The van der Waals surface area contributed by atoms with Gasteiger partial charge in [0, 0.05) is 45.1 Å². The maximum atomic E-state index is 4.75. The fourth-order valence-corrected chi connectivity index (χ4v) is 2.50. The Morgan fingerprint density at radius 2 is 2.20 bits per heavy atom. The van der Waals surface area contributed by atoms with Crippen molar-refractivity contribution in [2.24, 2.45) is 10.9 Å². The van der Waals surface area contributed by atoms with E-state index in [1.165, 1.54) is 12.8 Å². The largest absolute Gasteiger partial charge is 0.357 e. The van der Waals surface area contributed by atoms with Crippen molar-refractivity contribution in [1.82, 2.24) is 20.0 Å². The van der Waals surface area contributed by atoms with Crippen LogP contribution >= 0.6 is 0 Å². The Balaban J connectivity index is 1.79. The van der Waals surface area contributed by atoms with Gasteiger partial charge in [0.15, 0.2) is 5.96 Å². The molecule has 0 saturated carbocycles. The van der Waals surface area contributed by atoms with Crippen LogP contribution in [0.5, 0.6) is 0 Å². The minimum absolute atomic E-state index is 0.855. The summed E-state index contributed by atoms with van der Waals surface area (Å²) in [6, 6.07) is 1.96. The zero-order chi connectivity index (χ0) is 14.2. The third-order valence-corrected chi connectivity index (χ3v) is 3.78. The van der Waals surface area contributed by atoms with Crippen LogP contribution in [0.25, 0.3) is 0 Å². The van der Waals surface area contributed by atoms with Gasteiger partial charge in [0.25, 0.3) is 0 Å². The monoisotopic (exact) mass is 277 g/mol. The zero-order valence-electron chi connectivity index (χ0n) is 12.8.